The fraction of sp³-hybridized carbons (Fsp3) is 0.900. The molecule has 1 unspecified atom stereocenters. The Labute approximate surface area is 79.6 Å². The third-order valence-electron chi connectivity index (χ3n) is 2.21. The van der Waals surface area contributed by atoms with Crippen molar-refractivity contribution < 1.29 is 9.53 Å². The zero-order valence-corrected chi connectivity index (χ0v) is 8.45. The molecule has 0 saturated heterocycles. The molecule has 1 atom stereocenters. The van der Waals surface area contributed by atoms with Gasteiger partial charge >= 0.3 is 5.97 Å². The molecular formula is C10H19NO2. The van der Waals surface area contributed by atoms with Gasteiger partial charge in [0.2, 0.25) is 0 Å². The van der Waals surface area contributed by atoms with Crippen molar-refractivity contribution in [3.63, 3.8) is 0 Å². The summed E-state index contributed by atoms with van der Waals surface area (Å²) in [6.45, 7) is 4.55. The minimum absolute atomic E-state index is 0.0275. The highest BCUT2D eigenvalue weighted by Crippen LogP contribution is 2.32. The second kappa shape index (κ2) is 4.61. The van der Waals surface area contributed by atoms with Gasteiger partial charge in [-0.15, -0.1) is 0 Å². The van der Waals surface area contributed by atoms with Crippen molar-refractivity contribution in [1.82, 2.24) is 0 Å². The highest BCUT2D eigenvalue weighted by Gasteiger charge is 2.30. The van der Waals surface area contributed by atoms with E-state index in [9.17, 15) is 4.79 Å². The van der Waals surface area contributed by atoms with Crippen LogP contribution in [0.4, 0.5) is 0 Å². The van der Waals surface area contributed by atoms with Crippen LogP contribution in [0.15, 0.2) is 0 Å². The molecule has 76 valence electrons. The van der Waals surface area contributed by atoms with Crippen LogP contribution in [0.5, 0.6) is 0 Å². The van der Waals surface area contributed by atoms with Gasteiger partial charge in [0.1, 0.15) is 0 Å². The van der Waals surface area contributed by atoms with E-state index < -0.39 is 0 Å². The Kier molecular flexibility index (Phi) is 3.72. The SMILES string of the molecule is CC(C)COC(=O)CC(N)C1CC1. The van der Waals surface area contributed by atoms with Gasteiger partial charge < -0.3 is 10.5 Å². The van der Waals surface area contributed by atoms with Crippen molar-refractivity contribution in [2.75, 3.05) is 6.61 Å². The zero-order chi connectivity index (χ0) is 9.84. The number of carbonyl (C=O) groups is 1. The molecule has 0 bridgehead atoms. The van der Waals surface area contributed by atoms with Gasteiger partial charge in [0.05, 0.1) is 13.0 Å². The summed E-state index contributed by atoms with van der Waals surface area (Å²) in [6, 6.07) is 0.0275. The first-order valence-corrected chi connectivity index (χ1v) is 5.00. The van der Waals surface area contributed by atoms with Gasteiger partial charge in [-0.25, -0.2) is 0 Å². The monoisotopic (exact) mass is 185 g/mol. The maximum absolute atomic E-state index is 11.2. The van der Waals surface area contributed by atoms with Crippen LogP contribution in [0, 0.1) is 11.8 Å². The van der Waals surface area contributed by atoms with E-state index in [0.717, 1.165) is 0 Å². The van der Waals surface area contributed by atoms with Crippen molar-refractivity contribution in [2.45, 2.75) is 39.2 Å². The maximum Gasteiger partial charge on any atom is 0.307 e. The molecule has 0 radical (unpaired) electrons. The van der Waals surface area contributed by atoms with Gasteiger partial charge in [-0.05, 0) is 24.7 Å². The molecule has 1 aliphatic carbocycles. The van der Waals surface area contributed by atoms with E-state index >= 15 is 0 Å². The molecule has 0 amide bonds. The largest absolute Gasteiger partial charge is 0.465 e. The Bertz CT molecular complexity index is 176. The summed E-state index contributed by atoms with van der Waals surface area (Å²) >= 11 is 0. The molecule has 0 aliphatic heterocycles. The lowest BCUT2D eigenvalue weighted by Gasteiger charge is -2.10. The third-order valence-corrected chi connectivity index (χ3v) is 2.21. The quantitative estimate of drug-likeness (QED) is 0.657. The van der Waals surface area contributed by atoms with Crippen LogP contribution >= 0.6 is 0 Å². The van der Waals surface area contributed by atoms with Crippen LogP contribution in [0.25, 0.3) is 0 Å². The minimum atomic E-state index is -0.145. The first kappa shape index (κ1) is 10.5. The number of hydrogen-bond donors (Lipinski definition) is 1. The molecule has 3 heteroatoms. The first-order chi connectivity index (χ1) is 6.09. The fourth-order valence-corrected chi connectivity index (χ4v) is 1.20. The van der Waals surface area contributed by atoms with E-state index in [4.69, 9.17) is 10.5 Å². The highest BCUT2D eigenvalue weighted by atomic mass is 16.5. The van der Waals surface area contributed by atoms with E-state index in [0.29, 0.717) is 24.9 Å². The topological polar surface area (TPSA) is 52.3 Å². The van der Waals surface area contributed by atoms with Crippen LogP contribution < -0.4 is 5.73 Å². The fourth-order valence-electron chi connectivity index (χ4n) is 1.20. The standard InChI is InChI=1S/C10H19NO2/c1-7(2)6-13-10(12)5-9(11)8-3-4-8/h7-9H,3-6,11H2,1-2H3. The van der Waals surface area contributed by atoms with E-state index in [1.165, 1.54) is 12.8 Å². The van der Waals surface area contributed by atoms with Crippen molar-refractivity contribution in [3.05, 3.63) is 0 Å². The molecule has 1 fully saturated rings. The van der Waals surface area contributed by atoms with Gasteiger partial charge in [0.25, 0.3) is 0 Å². The Morgan fingerprint density at radius 3 is 2.62 bits per heavy atom. The summed E-state index contributed by atoms with van der Waals surface area (Å²) in [5, 5.41) is 0. The van der Waals surface area contributed by atoms with E-state index in [1.807, 2.05) is 13.8 Å². The molecule has 0 aromatic rings. The van der Waals surface area contributed by atoms with Gasteiger partial charge in [-0.3, -0.25) is 4.79 Å². The van der Waals surface area contributed by atoms with Gasteiger partial charge in [-0.1, -0.05) is 13.8 Å². The smallest absolute Gasteiger partial charge is 0.307 e. The molecule has 2 N–H and O–H groups in total. The molecule has 13 heavy (non-hydrogen) atoms. The van der Waals surface area contributed by atoms with Crippen molar-refractivity contribution in [2.24, 2.45) is 17.6 Å². The van der Waals surface area contributed by atoms with Gasteiger partial charge in [0.15, 0.2) is 0 Å². The minimum Gasteiger partial charge on any atom is -0.465 e. The molecule has 1 aliphatic rings. The van der Waals surface area contributed by atoms with E-state index in [1.54, 1.807) is 0 Å². The summed E-state index contributed by atoms with van der Waals surface area (Å²) in [4.78, 5) is 11.2. The summed E-state index contributed by atoms with van der Waals surface area (Å²) in [7, 11) is 0. The summed E-state index contributed by atoms with van der Waals surface area (Å²) in [5.41, 5.74) is 5.79. The highest BCUT2D eigenvalue weighted by molar-refractivity contribution is 5.70. The summed E-state index contributed by atoms with van der Waals surface area (Å²) in [5.74, 6) is 0.834. The predicted octanol–water partition coefficient (Wildman–Crippen LogP) is 1.31. The number of esters is 1. The maximum atomic E-state index is 11.2. The van der Waals surface area contributed by atoms with Gasteiger partial charge in [-0.2, -0.15) is 0 Å². The van der Waals surface area contributed by atoms with E-state index in [-0.39, 0.29) is 12.0 Å². The molecule has 1 saturated carbocycles. The van der Waals surface area contributed by atoms with Crippen LogP contribution in [0.3, 0.4) is 0 Å². The molecule has 0 heterocycles. The Balaban J connectivity index is 2.09. The lowest BCUT2D eigenvalue weighted by atomic mass is 10.1. The van der Waals surface area contributed by atoms with Crippen molar-refractivity contribution in [3.8, 4) is 0 Å². The Morgan fingerprint density at radius 2 is 2.15 bits per heavy atom. The summed E-state index contributed by atoms with van der Waals surface area (Å²) in [6.07, 6.45) is 2.74. The summed E-state index contributed by atoms with van der Waals surface area (Å²) < 4.78 is 5.03. The lowest BCUT2D eigenvalue weighted by Crippen LogP contribution is -2.27. The van der Waals surface area contributed by atoms with Crippen LogP contribution in [-0.2, 0) is 9.53 Å². The van der Waals surface area contributed by atoms with Crippen molar-refractivity contribution >= 4 is 5.97 Å². The van der Waals surface area contributed by atoms with Crippen LogP contribution in [0.1, 0.15) is 33.1 Å². The number of rotatable bonds is 5. The number of ether oxygens (including phenoxy) is 1. The second-order valence-corrected chi connectivity index (χ2v) is 4.28. The van der Waals surface area contributed by atoms with Crippen molar-refractivity contribution in [1.29, 1.82) is 0 Å². The molecule has 0 aromatic carbocycles. The predicted molar refractivity (Wildman–Crippen MR) is 51.1 cm³/mol. The number of carbonyl (C=O) groups excluding carboxylic acids is 1. The number of hydrogen-bond acceptors (Lipinski definition) is 3. The third kappa shape index (κ3) is 4.27. The zero-order valence-electron chi connectivity index (χ0n) is 8.45. The molecular weight excluding hydrogens is 166 g/mol. The average molecular weight is 185 g/mol. The Hall–Kier alpha value is -0.570. The molecule has 3 nitrogen and oxygen atoms in total. The second-order valence-electron chi connectivity index (χ2n) is 4.28. The van der Waals surface area contributed by atoms with Gasteiger partial charge in [0, 0.05) is 6.04 Å². The van der Waals surface area contributed by atoms with Crippen LogP contribution in [0.2, 0.25) is 0 Å². The van der Waals surface area contributed by atoms with E-state index in [2.05, 4.69) is 0 Å². The number of nitrogens with two attached hydrogens (primary N) is 1. The average Bonchev–Trinajstić information content (AvgIpc) is 2.82. The first-order valence-electron chi connectivity index (χ1n) is 5.00. The normalized spacial score (nSPS) is 18.8. The molecule has 0 spiro atoms. The Morgan fingerprint density at radius 1 is 1.54 bits per heavy atom. The lowest BCUT2D eigenvalue weighted by molar-refractivity contribution is -0.145. The molecule has 0 aromatic heterocycles. The molecule has 1 rings (SSSR count). The van der Waals surface area contributed by atoms with Crippen LogP contribution in [-0.4, -0.2) is 18.6 Å².